The van der Waals surface area contributed by atoms with Crippen molar-refractivity contribution in [2.45, 2.75) is 193 Å². The van der Waals surface area contributed by atoms with Crippen LogP contribution in [0, 0.1) is 0 Å². The number of phosphoric acid groups is 1. The number of hydrogen-bond donors (Lipinski definition) is 3. The van der Waals surface area contributed by atoms with E-state index in [4.69, 9.17) is 23.6 Å². The molecule has 0 aliphatic carbocycles. The molecule has 0 aliphatic heterocycles. The monoisotopic (exact) mass is 759 g/mol. The molecule has 0 aromatic heterocycles. The molecule has 0 aliphatic rings. The van der Waals surface area contributed by atoms with E-state index in [-0.39, 0.29) is 19.6 Å². The van der Waals surface area contributed by atoms with Crippen molar-refractivity contribution in [3.05, 3.63) is 36.5 Å². The zero-order valence-electron chi connectivity index (χ0n) is 33.3. The van der Waals surface area contributed by atoms with Crippen LogP contribution >= 0.6 is 7.82 Å². The smallest absolute Gasteiger partial charge is 0.457 e. The Morgan fingerprint density at radius 3 is 1.56 bits per heavy atom. The lowest BCUT2D eigenvalue weighted by Gasteiger charge is -2.20. The van der Waals surface area contributed by atoms with Crippen molar-refractivity contribution in [2.24, 2.45) is 0 Å². The highest BCUT2D eigenvalue weighted by Crippen LogP contribution is 2.43. The first kappa shape index (κ1) is 50.7. The Morgan fingerprint density at radius 1 is 0.596 bits per heavy atom. The zero-order valence-corrected chi connectivity index (χ0v) is 34.2. The van der Waals surface area contributed by atoms with Gasteiger partial charge in [0.1, 0.15) is 12.2 Å². The van der Waals surface area contributed by atoms with Gasteiger partial charge in [-0.05, 0) is 51.4 Å². The number of carbonyl (C=O) groups is 1. The molecule has 3 N–H and O–H groups in total. The molecule has 306 valence electrons. The zero-order chi connectivity index (χ0) is 38.2. The third-order valence-electron chi connectivity index (χ3n) is 8.83. The Morgan fingerprint density at radius 2 is 1.04 bits per heavy atom. The van der Waals surface area contributed by atoms with Crippen molar-refractivity contribution in [1.82, 2.24) is 0 Å². The van der Waals surface area contributed by atoms with Gasteiger partial charge < -0.3 is 24.6 Å². The molecule has 0 fully saturated rings. The molecular weight excluding hydrogens is 679 g/mol. The molecule has 0 aromatic rings. The number of carbonyl (C=O) groups excluding carboxylic acids is 1. The molecule has 9 nitrogen and oxygen atoms in total. The van der Waals surface area contributed by atoms with Crippen molar-refractivity contribution in [1.29, 1.82) is 0 Å². The Kier molecular flexibility index (Phi) is 38.4. The summed E-state index contributed by atoms with van der Waals surface area (Å²) in [6, 6.07) is 0. The Hall–Kier alpha value is -1.32. The summed E-state index contributed by atoms with van der Waals surface area (Å²) in [6.45, 7) is 3.48. The molecule has 0 rings (SSSR count). The summed E-state index contributed by atoms with van der Waals surface area (Å²) >= 11 is 0. The molecule has 0 heterocycles. The van der Waals surface area contributed by atoms with Crippen molar-refractivity contribution < 1.29 is 43.0 Å². The van der Waals surface area contributed by atoms with Crippen LogP contribution in [0.1, 0.15) is 181 Å². The average molecular weight is 759 g/mol. The molecule has 3 atom stereocenters. The molecule has 0 amide bonds. The summed E-state index contributed by atoms with van der Waals surface area (Å²) < 4.78 is 33.2. The second-order valence-electron chi connectivity index (χ2n) is 14.0. The van der Waals surface area contributed by atoms with E-state index >= 15 is 0 Å². The van der Waals surface area contributed by atoms with E-state index in [0.29, 0.717) is 13.0 Å². The summed E-state index contributed by atoms with van der Waals surface area (Å²) in [5.41, 5.74) is 0. The molecule has 0 saturated heterocycles. The van der Waals surface area contributed by atoms with Crippen LogP contribution in [-0.2, 0) is 27.9 Å². The SMILES string of the molecule is CCCCCCC/C=C\C/C=C\C/C=C\CCCCCCCCC(=O)OC(COCCCCCCCCCCCC)COP(=O)(O)OCC(O)CO. The van der Waals surface area contributed by atoms with E-state index in [2.05, 4.69) is 50.3 Å². The molecule has 52 heavy (non-hydrogen) atoms. The fourth-order valence-corrected chi connectivity index (χ4v) is 6.39. The van der Waals surface area contributed by atoms with E-state index in [9.17, 15) is 19.4 Å². The second-order valence-corrected chi connectivity index (χ2v) is 15.5. The standard InChI is InChI=1S/C42H79O9P/c1-3-5-7-9-11-13-15-16-17-18-19-20-21-22-23-24-25-26-28-30-32-34-42(45)51-41(39-50-52(46,47)49-37-40(44)36-43)38-48-35-33-31-29-27-14-12-10-8-6-4-2/h15-16,18-19,21-22,40-41,43-44H,3-14,17,20,23-39H2,1-2H3,(H,46,47)/b16-15-,19-18-,22-21-. The molecule has 0 bridgehead atoms. The molecule has 0 radical (unpaired) electrons. The fourth-order valence-electron chi connectivity index (χ4n) is 5.60. The summed E-state index contributed by atoms with van der Waals surface area (Å²) in [5, 5.41) is 18.3. The lowest BCUT2D eigenvalue weighted by molar-refractivity contribution is -0.154. The minimum absolute atomic E-state index is 0.0455. The highest BCUT2D eigenvalue weighted by molar-refractivity contribution is 7.47. The predicted molar refractivity (Wildman–Crippen MR) is 214 cm³/mol. The molecular formula is C42H79O9P. The fraction of sp³-hybridized carbons (Fsp3) is 0.833. The maximum Gasteiger partial charge on any atom is 0.472 e. The van der Waals surface area contributed by atoms with Gasteiger partial charge in [-0.2, -0.15) is 0 Å². The lowest BCUT2D eigenvalue weighted by atomic mass is 10.1. The Bertz CT molecular complexity index is 908. The number of hydrogen-bond acceptors (Lipinski definition) is 8. The van der Waals surface area contributed by atoms with E-state index in [1.165, 1.54) is 96.3 Å². The quantitative estimate of drug-likeness (QED) is 0.0242. The number of aliphatic hydroxyl groups is 2. The number of phosphoric ester groups is 1. The van der Waals surface area contributed by atoms with Crippen LogP contribution in [0.2, 0.25) is 0 Å². The van der Waals surface area contributed by atoms with Gasteiger partial charge in [0.2, 0.25) is 0 Å². The van der Waals surface area contributed by atoms with Crippen LogP contribution in [0.3, 0.4) is 0 Å². The number of esters is 1. The van der Waals surface area contributed by atoms with Crippen molar-refractivity contribution >= 4 is 13.8 Å². The van der Waals surface area contributed by atoms with Crippen molar-refractivity contribution in [3.63, 3.8) is 0 Å². The number of aliphatic hydroxyl groups excluding tert-OH is 2. The number of rotatable bonds is 40. The number of unbranched alkanes of at least 4 members (excludes halogenated alkanes) is 20. The predicted octanol–water partition coefficient (Wildman–Crippen LogP) is 11.3. The van der Waals surface area contributed by atoms with Crippen molar-refractivity contribution in [2.75, 3.05) is 33.0 Å². The van der Waals surface area contributed by atoms with Crippen LogP contribution in [0.15, 0.2) is 36.5 Å². The van der Waals surface area contributed by atoms with E-state index < -0.39 is 39.2 Å². The highest BCUT2D eigenvalue weighted by Gasteiger charge is 2.26. The number of allylic oxidation sites excluding steroid dienone is 6. The van der Waals surface area contributed by atoms with Crippen LogP contribution in [0.5, 0.6) is 0 Å². The third-order valence-corrected chi connectivity index (χ3v) is 9.78. The Balaban J connectivity index is 4.16. The minimum Gasteiger partial charge on any atom is -0.457 e. The first-order valence-electron chi connectivity index (χ1n) is 21.0. The average Bonchev–Trinajstić information content (AvgIpc) is 3.13. The maximum absolute atomic E-state index is 12.6. The summed E-state index contributed by atoms with van der Waals surface area (Å²) in [4.78, 5) is 22.5. The van der Waals surface area contributed by atoms with Gasteiger partial charge in [0.15, 0.2) is 0 Å². The van der Waals surface area contributed by atoms with Crippen LogP contribution < -0.4 is 0 Å². The second kappa shape index (κ2) is 39.4. The summed E-state index contributed by atoms with van der Waals surface area (Å²) in [5.74, 6) is -0.395. The molecule has 10 heteroatoms. The van der Waals surface area contributed by atoms with Crippen LogP contribution in [0.25, 0.3) is 0 Å². The first-order valence-corrected chi connectivity index (χ1v) is 22.5. The molecule has 0 saturated carbocycles. The molecule has 0 spiro atoms. The molecule has 0 aromatic carbocycles. The topological polar surface area (TPSA) is 132 Å². The van der Waals surface area contributed by atoms with Crippen LogP contribution in [-0.4, -0.2) is 66.3 Å². The highest BCUT2D eigenvalue weighted by atomic mass is 31.2. The third kappa shape index (κ3) is 38.4. The van der Waals surface area contributed by atoms with E-state index in [0.717, 1.165) is 57.8 Å². The Labute approximate surface area is 318 Å². The summed E-state index contributed by atoms with van der Waals surface area (Å²) in [6.07, 6.45) is 41.0. The van der Waals surface area contributed by atoms with Gasteiger partial charge in [0.25, 0.3) is 0 Å². The van der Waals surface area contributed by atoms with Gasteiger partial charge in [0, 0.05) is 13.0 Å². The van der Waals surface area contributed by atoms with E-state index in [1.807, 2.05) is 0 Å². The minimum atomic E-state index is -4.51. The van der Waals surface area contributed by atoms with Gasteiger partial charge >= 0.3 is 13.8 Å². The first-order chi connectivity index (χ1) is 25.3. The molecule has 3 unspecified atom stereocenters. The van der Waals surface area contributed by atoms with Gasteiger partial charge in [0.05, 0.1) is 26.4 Å². The largest absolute Gasteiger partial charge is 0.472 e. The normalized spacial score (nSPS) is 14.5. The van der Waals surface area contributed by atoms with Crippen LogP contribution in [0.4, 0.5) is 0 Å². The number of ether oxygens (including phenoxy) is 2. The van der Waals surface area contributed by atoms with Crippen molar-refractivity contribution in [3.8, 4) is 0 Å². The summed E-state index contributed by atoms with van der Waals surface area (Å²) in [7, 11) is -4.51. The van der Waals surface area contributed by atoms with E-state index in [1.54, 1.807) is 0 Å². The lowest BCUT2D eigenvalue weighted by Crippen LogP contribution is -2.29. The van der Waals surface area contributed by atoms with Gasteiger partial charge in [-0.1, -0.05) is 159 Å². The maximum atomic E-state index is 12.6. The van der Waals surface area contributed by atoms with Gasteiger partial charge in [-0.25, -0.2) is 4.57 Å². The van der Waals surface area contributed by atoms with Gasteiger partial charge in [-0.15, -0.1) is 0 Å². The van der Waals surface area contributed by atoms with Gasteiger partial charge in [-0.3, -0.25) is 13.8 Å².